The summed E-state index contributed by atoms with van der Waals surface area (Å²) in [6.45, 7) is 0.702. The van der Waals surface area contributed by atoms with Gasteiger partial charge in [-0.1, -0.05) is 36.4 Å². The quantitative estimate of drug-likeness (QED) is 0.903. The first-order valence-electron chi connectivity index (χ1n) is 6.41. The van der Waals surface area contributed by atoms with Crippen LogP contribution in [0.2, 0.25) is 0 Å². The Morgan fingerprint density at radius 2 is 1.95 bits per heavy atom. The van der Waals surface area contributed by atoms with E-state index in [1.165, 1.54) is 4.90 Å². The number of ketones is 1. The highest BCUT2D eigenvalue weighted by Crippen LogP contribution is 2.14. The summed E-state index contributed by atoms with van der Waals surface area (Å²) >= 11 is 0. The monoisotopic (exact) mass is 259 g/mol. The second-order valence-electron chi connectivity index (χ2n) is 4.63. The average Bonchev–Trinajstić information content (AvgIpc) is 2.46. The van der Waals surface area contributed by atoms with Crippen molar-refractivity contribution in [3.05, 3.63) is 47.5 Å². The minimum absolute atomic E-state index is 0.0507. The molecule has 1 aromatic carbocycles. The number of aryl methyl sites for hydroxylation is 1. The molecule has 1 aliphatic rings. The first kappa shape index (κ1) is 13.3. The number of Topliss-reactive ketones (excluding diaryl/α,β-unsaturated/α-hetero) is 1. The maximum Gasteiger partial charge on any atom is 0.407 e. The minimum atomic E-state index is -0.957. The van der Waals surface area contributed by atoms with Crippen molar-refractivity contribution in [2.45, 2.75) is 19.3 Å². The Hall–Kier alpha value is -2.10. The lowest BCUT2D eigenvalue weighted by molar-refractivity contribution is -0.115. The Labute approximate surface area is 112 Å². The molecule has 1 amide bonds. The first-order valence-corrected chi connectivity index (χ1v) is 6.41. The van der Waals surface area contributed by atoms with Crippen LogP contribution >= 0.6 is 0 Å². The molecule has 0 fully saturated rings. The number of carboxylic acid groups (broad SMARTS) is 1. The topological polar surface area (TPSA) is 57.6 Å². The van der Waals surface area contributed by atoms with Crippen LogP contribution in [0.15, 0.2) is 42.0 Å². The summed E-state index contributed by atoms with van der Waals surface area (Å²) in [4.78, 5) is 24.2. The molecule has 0 saturated carbocycles. The summed E-state index contributed by atoms with van der Waals surface area (Å²) in [6, 6.07) is 9.83. The normalized spacial score (nSPS) is 14.9. The summed E-state index contributed by atoms with van der Waals surface area (Å²) in [5.41, 5.74) is 1.76. The number of hydrogen-bond acceptors (Lipinski definition) is 2. The maximum atomic E-state index is 12.1. The molecular formula is C15H17NO3. The van der Waals surface area contributed by atoms with Gasteiger partial charge in [0.05, 0.1) is 6.54 Å². The van der Waals surface area contributed by atoms with E-state index in [0.717, 1.165) is 5.56 Å². The highest BCUT2D eigenvalue weighted by Gasteiger charge is 2.20. The molecule has 1 aromatic rings. The van der Waals surface area contributed by atoms with Crippen molar-refractivity contribution in [3.63, 3.8) is 0 Å². The molecule has 0 atom stereocenters. The number of carbonyl (C=O) groups is 2. The van der Waals surface area contributed by atoms with Crippen LogP contribution in [0.1, 0.15) is 18.4 Å². The molecular weight excluding hydrogens is 242 g/mol. The molecule has 0 saturated heterocycles. The molecule has 4 heteroatoms. The summed E-state index contributed by atoms with van der Waals surface area (Å²) in [7, 11) is 0. The summed E-state index contributed by atoms with van der Waals surface area (Å²) in [6.07, 6.45) is 2.67. The molecule has 100 valence electrons. The molecule has 0 bridgehead atoms. The van der Waals surface area contributed by atoms with Crippen LogP contribution in [0.25, 0.3) is 0 Å². The molecule has 1 heterocycles. The third-order valence-corrected chi connectivity index (χ3v) is 3.26. The predicted molar refractivity (Wildman–Crippen MR) is 72.1 cm³/mol. The Balaban J connectivity index is 1.90. The van der Waals surface area contributed by atoms with Gasteiger partial charge >= 0.3 is 6.09 Å². The van der Waals surface area contributed by atoms with Gasteiger partial charge in [-0.3, -0.25) is 4.79 Å². The van der Waals surface area contributed by atoms with Crippen LogP contribution in [0.4, 0.5) is 4.79 Å². The van der Waals surface area contributed by atoms with Gasteiger partial charge in [-0.05, 0) is 18.4 Å². The molecule has 0 unspecified atom stereocenters. The Morgan fingerprint density at radius 3 is 2.63 bits per heavy atom. The first-order chi connectivity index (χ1) is 9.16. The SMILES string of the molecule is O=C(CCc1ccccc1)C1=CCCN(C(=O)O)C1. The van der Waals surface area contributed by atoms with E-state index in [9.17, 15) is 9.59 Å². The fourth-order valence-electron chi connectivity index (χ4n) is 2.17. The van der Waals surface area contributed by atoms with Gasteiger partial charge in [0.25, 0.3) is 0 Å². The molecule has 0 spiro atoms. The van der Waals surface area contributed by atoms with Crippen LogP contribution in [-0.2, 0) is 11.2 Å². The van der Waals surface area contributed by atoms with Crippen LogP contribution in [0, 0.1) is 0 Å². The highest BCUT2D eigenvalue weighted by molar-refractivity contribution is 5.96. The van der Waals surface area contributed by atoms with E-state index < -0.39 is 6.09 Å². The largest absolute Gasteiger partial charge is 0.465 e. The van der Waals surface area contributed by atoms with Gasteiger partial charge in [0.2, 0.25) is 0 Å². The Morgan fingerprint density at radius 1 is 1.21 bits per heavy atom. The number of nitrogens with zero attached hydrogens (tertiary/aromatic N) is 1. The van der Waals surface area contributed by atoms with Crippen molar-refractivity contribution in [1.82, 2.24) is 4.90 Å². The van der Waals surface area contributed by atoms with Gasteiger partial charge in [0.1, 0.15) is 0 Å². The third-order valence-electron chi connectivity index (χ3n) is 3.26. The lowest BCUT2D eigenvalue weighted by Gasteiger charge is -2.23. The zero-order valence-corrected chi connectivity index (χ0v) is 10.7. The van der Waals surface area contributed by atoms with Crippen molar-refractivity contribution in [3.8, 4) is 0 Å². The maximum absolute atomic E-state index is 12.1. The molecule has 1 aliphatic heterocycles. The lowest BCUT2D eigenvalue weighted by Crippen LogP contribution is -2.36. The van der Waals surface area contributed by atoms with Gasteiger partial charge in [-0.15, -0.1) is 0 Å². The fourth-order valence-corrected chi connectivity index (χ4v) is 2.17. The van der Waals surface area contributed by atoms with Gasteiger partial charge in [-0.25, -0.2) is 4.79 Å². The van der Waals surface area contributed by atoms with Gasteiger partial charge in [0, 0.05) is 18.5 Å². The van der Waals surface area contributed by atoms with Crippen molar-refractivity contribution in [2.75, 3.05) is 13.1 Å². The minimum Gasteiger partial charge on any atom is -0.465 e. The number of rotatable bonds is 4. The average molecular weight is 259 g/mol. The van der Waals surface area contributed by atoms with E-state index in [1.807, 2.05) is 36.4 Å². The number of amides is 1. The van der Waals surface area contributed by atoms with Crippen molar-refractivity contribution in [2.24, 2.45) is 0 Å². The van der Waals surface area contributed by atoms with Crippen molar-refractivity contribution < 1.29 is 14.7 Å². The van der Waals surface area contributed by atoms with Crippen LogP contribution < -0.4 is 0 Å². The molecule has 0 radical (unpaired) electrons. The van der Waals surface area contributed by atoms with E-state index in [2.05, 4.69) is 0 Å². The molecule has 1 N–H and O–H groups in total. The van der Waals surface area contributed by atoms with E-state index in [-0.39, 0.29) is 12.3 Å². The van der Waals surface area contributed by atoms with Crippen LogP contribution in [0.3, 0.4) is 0 Å². The smallest absolute Gasteiger partial charge is 0.407 e. The zero-order chi connectivity index (χ0) is 13.7. The van der Waals surface area contributed by atoms with E-state index in [0.29, 0.717) is 31.4 Å². The zero-order valence-electron chi connectivity index (χ0n) is 10.7. The van der Waals surface area contributed by atoms with Gasteiger partial charge in [-0.2, -0.15) is 0 Å². The number of carbonyl (C=O) groups excluding carboxylic acids is 1. The summed E-state index contributed by atoms with van der Waals surface area (Å²) in [5.74, 6) is 0.0507. The predicted octanol–water partition coefficient (Wildman–Crippen LogP) is 2.50. The summed E-state index contributed by atoms with van der Waals surface area (Å²) < 4.78 is 0. The van der Waals surface area contributed by atoms with E-state index >= 15 is 0 Å². The van der Waals surface area contributed by atoms with Crippen molar-refractivity contribution >= 4 is 11.9 Å². The standard InChI is InChI=1S/C15H17NO3/c17-14(9-8-12-5-2-1-3-6-12)13-7-4-10-16(11-13)15(18)19/h1-3,5-7H,4,8-11H2,(H,18,19). The lowest BCUT2D eigenvalue weighted by atomic mass is 10.00. The Bertz CT molecular complexity index is 493. The highest BCUT2D eigenvalue weighted by atomic mass is 16.4. The molecule has 2 rings (SSSR count). The second kappa shape index (κ2) is 6.18. The van der Waals surface area contributed by atoms with Crippen LogP contribution in [0.5, 0.6) is 0 Å². The molecule has 0 aromatic heterocycles. The van der Waals surface area contributed by atoms with E-state index in [1.54, 1.807) is 0 Å². The second-order valence-corrected chi connectivity index (χ2v) is 4.63. The third kappa shape index (κ3) is 3.68. The molecule has 4 nitrogen and oxygen atoms in total. The molecule has 0 aliphatic carbocycles. The van der Waals surface area contributed by atoms with Crippen molar-refractivity contribution in [1.29, 1.82) is 0 Å². The van der Waals surface area contributed by atoms with Crippen LogP contribution in [-0.4, -0.2) is 35.0 Å². The summed E-state index contributed by atoms with van der Waals surface area (Å²) in [5, 5.41) is 8.93. The Kier molecular flexibility index (Phi) is 4.34. The molecule has 19 heavy (non-hydrogen) atoms. The number of benzene rings is 1. The van der Waals surface area contributed by atoms with E-state index in [4.69, 9.17) is 5.11 Å². The van der Waals surface area contributed by atoms with Gasteiger partial charge < -0.3 is 10.0 Å². The number of hydrogen-bond donors (Lipinski definition) is 1. The van der Waals surface area contributed by atoms with Gasteiger partial charge in [0.15, 0.2) is 5.78 Å². The fraction of sp³-hybridized carbons (Fsp3) is 0.333.